The van der Waals surface area contributed by atoms with Gasteiger partial charge < -0.3 is 16.0 Å². The van der Waals surface area contributed by atoms with Crippen LogP contribution in [0.2, 0.25) is 0 Å². The van der Waals surface area contributed by atoms with Crippen LogP contribution in [0.15, 0.2) is 33.7 Å². The molecule has 1 rings (SSSR count). The van der Waals surface area contributed by atoms with Crippen molar-refractivity contribution in [2.24, 2.45) is 4.99 Å². The molecule has 134 valence electrons. The molecule has 0 spiro atoms. The molecule has 0 fully saturated rings. The first-order chi connectivity index (χ1) is 11.0. The molecule has 0 saturated carbocycles. The fraction of sp³-hybridized carbons (Fsp3) is 0.556. The van der Waals surface area contributed by atoms with E-state index in [-0.39, 0.29) is 23.4 Å². The SMILES string of the molecule is CN=C(NCC(=O)NC(C)(C)C)NCC(C)(C)c1ccc(Br)cc1. The van der Waals surface area contributed by atoms with Gasteiger partial charge in [0.1, 0.15) is 0 Å². The Hall–Kier alpha value is -1.56. The normalized spacial score (nSPS) is 12.7. The van der Waals surface area contributed by atoms with Gasteiger partial charge in [0.2, 0.25) is 5.91 Å². The van der Waals surface area contributed by atoms with Crippen LogP contribution >= 0.6 is 15.9 Å². The number of benzene rings is 1. The van der Waals surface area contributed by atoms with E-state index in [0.717, 1.165) is 4.47 Å². The maximum Gasteiger partial charge on any atom is 0.239 e. The third-order valence-electron chi connectivity index (χ3n) is 3.48. The number of rotatable bonds is 5. The molecule has 3 N–H and O–H groups in total. The van der Waals surface area contributed by atoms with Crippen LogP contribution in [0, 0.1) is 0 Å². The Morgan fingerprint density at radius 2 is 1.67 bits per heavy atom. The van der Waals surface area contributed by atoms with Crippen molar-refractivity contribution in [1.82, 2.24) is 16.0 Å². The molecule has 0 aromatic heterocycles. The van der Waals surface area contributed by atoms with Crippen molar-refractivity contribution in [1.29, 1.82) is 0 Å². The predicted molar refractivity (Wildman–Crippen MR) is 104 cm³/mol. The van der Waals surface area contributed by atoms with Gasteiger partial charge in [0.05, 0.1) is 6.54 Å². The molecule has 24 heavy (non-hydrogen) atoms. The number of hydrogen-bond acceptors (Lipinski definition) is 2. The molecule has 0 bridgehead atoms. The van der Waals surface area contributed by atoms with Gasteiger partial charge in [-0.3, -0.25) is 9.79 Å². The minimum Gasteiger partial charge on any atom is -0.356 e. The van der Waals surface area contributed by atoms with Gasteiger partial charge in [0.15, 0.2) is 5.96 Å². The summed E-state index contributed by atoms with van der Waals surface area (Å²) in [4.78, 5) is 16.0. The summed E-state index contributed by atoms with van der Waals surface area (Å²) in [6.07, 6.45) is 0. The third-order valence-corrected chi connectivity index (χ3v) is 4.01. The predicted octanol–water partition coefficient (Wildman–Crippen LogP) is 2.81. The highest BCUT2D eigenvalue weighted by molar-refractivity contribution is 9.10. The van der Waals surface area contributed by atoms with Gasteiger partial charge in [-0.2, -0.15) is 0 Å². The fourth-order valence-corrected chi connectivity index (χ4v) is 2.42. The number of aliphatic imine (C=N–C) groups is 1. The molecule has 0 radical (unpaired) electrons. The van der Waals surface area contributed by atoms with E-state index in [1.165, 1.54) is 5.56 Å². The van der Waals surface area contributed by atoms with Crippen LogP contribution in [0.4, 0.5) is 0 Å². The van der Waals surface area contributed by atoms with Gasteiger partial charge in [-0.25, -0.2) is 0 Å². The van der Waals surface area contributed by atoms with Gasteiger partial charge in [-0.15, -0.1) is 0 Å². The van der Waals surface area contributed by atoms with Crippen LogP contribution < -0.4 is 16.0 Å². The molecule has 0 atom stereocenters. The molecule has 0 aliphatic rings. The van der Waals surface area contributed by atoms with Crippen LogP contribution in [0.1, 0.15) is 40.2 Å². The van der Waals surface area contributed by atoms with Crippen LogP contribution in [0.5, 0.6) is 0 Å². The van der Waals surface area contributed by atoms with Crippen LogP contribution in [0.25, 0.3) is 0 Å². The van der Waals surface area contributed by atoms with E-state index in [2.05, 4.69) is 62.9 Å². The monoisotopic (exact) mass is 396 g/mol. The number of nitrogens with zero attached hydrogens (tertiary/aromatic N) is 1. The van der Waals surface area contributed by atoms with Crippen molar-refractivity contribution in [3.63, 3.8) is 0 Å². The summed E-state index contributed by atoms with van der Waals surface area (Å²) in [6.45, 7) is 11.1. The first-order valence-corrected chi connectivity index (χ1v) is 8.84. The average Bonchev–Trinajstić information content (AvgIpc) is 2.46. The molecule has 1 aromatic rings. The Kier molecular flexibility index (Phi) is 7.27. The highest BCUT2D eigenvalue weighted by Gasteiger charge is 2.21. The van der Waals surface area contributed by atoms with E-state index in [1.54, 1.807) is 7.05 Å². The maximum atomic E-state index is 11.9. The highest BCUT2D eigenvalue weighted by Crippen LogP contribution is 2.23. The van der Waals surface area contributed by atoms with E-state index in [9.17, 15) is 4.79 Å². The molecule has 0 aliphatic carbocycles. The second-order valence-electron chi connectivity index (χ2n) is 7.47. The standard InChI is InChI=1S/C18H29BrN4O/c1-17(2,3)23-15(24)11-21-16(20-6)22-12-18(4,5)13-7-9-14(19)10-8-13/h7-10H,11-12H2,1-6H3,(H,23,24)(H2,20,21,22). The summed E-state index contributed by atoms with van der Waals surface area (Å²) < 4.78 is 1.07. The lowest BCUT2D eigenvalue weighted by atomic mass is 9.85. The molecule has 0 aliphatic heterocycles. The molecule has 6 heteroatoms. The van der Waals surface area contributed by atoms with E-state index in [0.29, 0.717) is 12.5 Å². The van der Waals surface area contributed by atoms with E-state index in [1.807, 2.05) is 32.9 Å². The molecule has 0 heterocycles. The lowest BCUT2D eigenvalue weighted by molar-refractivity contribution is -0.121. The summed E-state index contributed by atoms with van der Waals surface area (Å²) in [5, 5.41) is 9.25. The number of amides is 1. The number of carbonyl (C=O) groups excluding carboxylic acids is 1. The molecule has 0 unspecified atom stereocenters. The van der Waals surface area contributed by atoms with Crippen LogP contribution in [-0.2, 0) is 10.2 Å². The van der Waals surface area contributed by atoms with Crippen molar-refractivity contribution in [3.05, 3.63) is 34.3 Å². The lowest BCUT2D eigenvalue weighted by Crippen LogP contribution is -2.49. The van der Waals surface area contributed by atoms with Gasteiger partial charge in [0.25, 0.3) is 0 Å². The maximum absolute atomic E-state index is 11.9. The first-order valence-electron chi connectivity index (χ1n) is 8.05. The smallest absolute Gasteiger partial charge is 0.239 e. The number of guanidine groups is 1. The average molecular weight is 397 g/mol. The topological polar surface area (TPSA) is 65.5 Å². The Morgan fingerprint density at radius 1 is 1.08 bits per heavy atom. The van der Waals surface area contributed by atoms with Crippen molar-refractivity contribution in [2.75, 3.05) is 20.1 Å². The fourth-order valence-electron chi connectivity index (χ4n) is 2.15. The Bertz CT molecular complexity index is 574. The number of nitrogens with one attached hydrogen (secondary N) is 3. The van der Waals surface area contributed by atoms with E-state index >= 15 is 0 Å². The minimum absolute atomic E-state index is 0.0578. The second-order valence-corrected chi connectivity index (χ2v) is 8.38. The van der Waals surface area contributed by atoms with Crippen molar-refractivity contribution in [2.45, 2.75) is 45.6 Å². The molecule has 1 aromatic carbocycles. The minimum atomic E-state index is -0.237. The first kappa shape index (κ1) is 20.5. The van der Waals surface area contributed by atoms with E-state index < -0.39 is 0 Å². The number of carbonyl (C=O) groups is 1. The summed E-state index contributed by atoms with van der Waals surface area (Å²) >= 11 is 3.46. The van der Waals surface area contributed by atoms with Crippen molar-refractivity contribution < 1.29 is 4.79 Å². The molecule has 0 saturated heterocycles. The third kappa shape index (κ3) is 7.34. The van der Waals surface area contributed by atoms with Gasteiger partial charge >= 0.3 is 0 Å². The van der Waals surface area contributed by atoms with Crippen LogP contribution in [0.3, 0.4) is 0 Å². The lowest BCUT2D eigenvalue weighted by Gasteiger charge is -2.27. The zero-order chi connectivity index (χ0) is 18.4. The second kappa shape index (κ2) is 8.51. The van der Waals surface area contributed by atoms with Crippen molar-refractivity contribution in [3.8, 4) is 0 Å². The molecular formula is C18H29BrN4O. The Balaban J connectivity index is 2.54. The zero-order valence-electron chi connectivity index (χ0n) is 15.5. The largest absolute Gasteiger partial charge is 0.356 e. The Morgan fingerprint density at radius 3 is 2.17 bits per heavy atom. The zero-order valence-corrected chi connectivity index (χ0v) is 17.0. The van der Waals surface area contributed by atoms with Crippen LogP contribution in [-0.4, -0.2) is 37.5 Å². The highest BCUT2D eigenvalue weighted by atomic mass is 79.9. The quantitative estimate of drug-likeness (QED) is 0.529. The van der Waals surface area contributed by atoms with Gasteiger partial charge in [0, 0.05) is 29.0 Å². The van der Waals surface area contributed by atoms with Crippen molar-refractivity contribution >= 4 is 27.8 Å². The van der Waals surface area contributed by atoms with Gasteiger partial charge in [-0.1, -0.05) is 41.9 Å². The number of hydrogen-bond donors (Lipinski definition) is 3. The summed E-state index contributed by atoms with van der Waals surface area (Å²) in [7, 11) is 1.70. The summed E-state index contributed by atoms with van der Waals surface area (Å²) in [5.74, 6) is 0.557. The van der Waals surface area contributed by atoms with E-state index in [4.69, 9.17) is 0 Å². The molecule has 5 nitrogen and oxygen atoms in total. The number of halogens is 1. The molecule has 1 amide bonds. The summed E-state index contributed by atoms with van der Waals surface area (Å²) in [5.41, 5.74) is 0.935. The molecular weight excluding hydrogens is 368 g/mol. The summed E-state index contributed by atoms with van der Waals surface area (Å²) in [6, 6.07) is 8.31. The Labute approximate surface area is 153 Å². The van der Waals surface area contributed by atoms with Gasteiger partial charge in [-0.05, 0) is 38.5 Å².